The van der Waals surface area contributed by atoms with Crippen molar-refractivity contribution >= 4 is 11.9 Å². The topological polar surface area (TPSA) is 39.2 Å². The van der Waals surface area contributed by atoms with Gasteiger partial charge in [-0.15, -0.1) is 5.10 Å². The van der Waals surface area contributed by atoms with E-state index in [0.717, 1.165) is 5.96 Å². The molecule has 18 heavy (non-hydrogen) atoms. The average molecular weight is 254 g/mol. The van der Waals surface area contributed by atoms with Crippen LogP contribution in [-0.4, -0.2) is 51.5 Å². The lowest BCUT2D eigenvalue weighted by molar-refractivity contribution is -0.128. The zero-order chi connectivity index (χ0) is 14.3. The third kappa shape index (κ3) is 2.94. The zero-order valence-electron chi connectivity index (χ0n) is 12.9. The molecule has 1 aliphatic rings. The molecule has 5 heteroatoms. The van der Waals surface area contributed by atoms with E-state index in [1.165, 1.54) is 0 Å². The summed E-state index contributed by atoms with van der Waals surface area (Å²) in [6.07, 6.45) is 0. The summed E-state index contributed by atoms with van der Waals surface area (Å²) in [6, 6.07) is 0. The molecule has 0 saturated carbocycles. The van der Waals surface area contributed by atoms with Crippen LogP contribution in [0, 0.1) is 0 Å². The number of nitrogens with zero attached hydrogens (tertiary/aromatic N) is 4. The Balaban J connectivity index is 3.10. The lowest BCUT2D eigenvalue weighted by Crippen LogP contribution is -2.52. The molecule has 0 unspecified atom stereocenters. The number of hydrogen-bond donors (Lipinski definition) is 0. The molecule has 0 radical (unpaired) electrons. The smallest absolute Gasteiger partial charge is 0.227 e. The highest BCUT2D eigenvalue weighted by Crippen LogP contribution is 2.24. The van der Waals surface area contributed by atoms with Crippen molar-refractivity contribution in [1.82, 2.24) is 14.8 Å². The molecule has 0 aromatic heterocycles. The van der Waals surface area contributed by atoms with Gasteiger partial charge in [0.15, 0.2) is 0 Å². The second kappa shape index (κ2) is 4.44. The predicted octanol–water partition coefficient (Wildman–Crippen LogP) is 1.91. The highest BCUT2D eigenvalue weighted by molar-refractivity contribution is 5.97. The van der Waals surface area contributed by atoms with Crippen molar-refractivity contribution in [2.45, 2.75) is 59.5 Å². The van der Waals surface area contributed by atoms with Crippen LogP contribution in [0.25, 0.3) is 0 Å². The normalized spacial score (nSPS) is 17.0. The number of carbonyl (C=O) groups excluding carboxylic acids is 1. The Labute approximate surface area is 110 Å². The van der Waals surface area contributed by atoms with E-state index in [1.54, 1.807) is 11.8 Å². The van der Waals surface area contributed by atoms with E-state index < -0.39 is 0 Å². The Morgan fingerprint density at radius 2 is 1.72 bits per heavy atom. The van der Waals surface area contributed by atoms with Crippen molar-refractivity contribution in [1.29, 1.82) is 0 Å². The van der Waals surface area contributed by atoms with Crippen LogP contribution in [0.2, 0.25) is 0 Å². The molecule has 0 aromatic rings. The summed E-state index contributed by atoms with van der Waals surface area (Å²) in [5.41, 5.74) is -0.316. The van der Waals surface area contributed by atoms with E-state index in [-0.39, 0.29) is 17.0 Å². The lowest BCUT2D eigenvalue weighted by atomic mass is 10.1. The minimum atomic E-state index is -0.271. The van der Waals surface area contributed by atoms with E-state index >= 15 is 0 Å². The largest absolute Gasteiger partial charge is 0.325 e. The van der Waals surface area contributed by atoms with Crippen LogP contribution in [0.3, 0.4) is 0 Å². The average Bonchev–Trinajstić information content (AvgIpc) is 2.44. The van der Waals surface area contributed by atoms with Crippen LogP contribution in [0.5, 0.6) is 0 Å². The Bertz CT molecular complexity index is 362. The Kier molecular flexibility index (Phi) is 3.65. The maximum Gasteiger partial charge on any atom is 0.227 e. The molecule has 1 aliphatic heterocycles. The summed E-state index contributed by atoms with van der Waals surface area (Å²) in [5.74, 6) is 0.744. The Morgan fingerprint density at radius 3 is 2.00 bits per heavy atom. The predicted molar refractivity (Wildman–Crippen MR) is 73.9 cm³/mol. The second-order valence-electron chi connectivity index (χ2n) is 6.83. The highest BCUT2D eigenvalue weighted by atomic mass is 16.2. The van der Waals surface area contributed by atoms with Crippen LogP contribution >= 0.6 is 0 Å². The zero-order valence-corrected chi connectivity index (χ0v) is 12.9. The van der Waals surface area contributed by atoms with Crippen LogP contribution in [-0.2, 0) is 4.79 Å². The molecule has 1 heterocycles. The van der Waals surface area contributed by atoms with Gasteiger partial charge in [0.2, 0.25) is 11.9 Å². The molecule has 104 valence electrons. The van der Waals surface area contributed by atoms with Crippen molar-refractivity contribution in [2.24, 2.45) is 5.10 Å². The van der Waals surface area contributed by atoms with Gasteiger partial charge in [-0.25, -0.2) is 0 Å². The van der Waals surface area contributed by atoms with Crippen LogP contribution in [0.1, 0.15) is 48.5 Å². The van der Waals surface area contributed by atoms with Gasteiger partial charge in [-0.3, -0.25) is 14.7 Å². The molecule has 5 nitrogen and oxygen atoms in total. The number of hydrogen-bond acceptors (Lipinski definition) is 4. The summed E-state index contributed by atoms with van der Waals surface area (Å²) >= 11 is 0. The fourth-order valence-corrected chi connectivity index (χ4v) is 1.97. The first-order valence-corrected chi connectivity index (χ1v) is 6.33. The van der Waals surface area contributed by atoms with Gasteiger partial charge in [-0.05, 0) is 41.5 Å². The van der Waals surface area contributed by atoms with Crippen molar-refractivity contribution < 1.29 is 4.79 Å². The van der Waals surface area contributed by atoms with Gasteiger partial charge in [0.05, 0.1) is 5.54 Å². The van der Waals surface area contributed by atoms with Crippen LogP contribution < -0.4 is 0 Å². The van der Waals surface area contributed by atoms with Crippen molar-refractivity contribution in [3.63, 3.8) is 0 Å². The van der Waals surface area contributed by atoms with Gasteiger partial charge in [0.1, 0.15) is 6.67 Å². The van der Waals surface area contributed by atoms with Crippen LogP contribution in [0.4, 0.5) is 0 Å². The van der Waals surface area contributed by atoms with Gasteiger partial charge in [-0.2, -0.15) is 0 Å². The number of guanidine groups is 1. The van der Waals surface area contributed by atoms with E-state index in [4.69, 9.17) is 0 Å². The first-order valence-electron chi connectivity index (χ1n) is 6.33. The number of hydrazone groups is 1. The van der Waals surface area contributed by atoms with E-state index in [9.17, 15) is 4.79 Å². The summed E-state index contributed by atoms with van der Waals surface area (Å²) in [4.78, 5) is 15.6. The summed E-state index contributed by atoms with van der Waals surface area (Å²) in [6.45, 7) is 14.7. The minimum Gasteiger partial charge on any atom is -0.325 e. The molecule has 1 rings (SSSR count). The molecule has 0 aliphatic carbocycles. The number of amides is 1. The maximum atomic E-state index is 11.9. The van der Waals surface area contributed by atoms with Gasteiger partial charge >= 0.3 is 0 Å². The van der Waals surface area contributed by atoms with Gasteiger partial charge in [0, 0.05) is 19.5 Å². The summed E-state index contributed by atoms with van der Waals surface area (Å²) in [7, 11) is 1.96. The first-order chi connectivity index (χ1) is 7.94. The van der Waals surface area contributed by atoms with E-state index in [1.807, 2.05) is 37.7 Å². The summed E-state index contributed by atoms with van der Waals surface area (Å²) < 4.78 is 0. The van der Waals surface area contributed by atoms with Gasteiger partial charge in [-0.1, -0.05) is 0 Å². The molecule has 1 amide bonds. The van der Waals surface area contributed by atoms with E-state index in [2.05, 4.69) is 25.9 Å². The first kappa shape index (κ1) is 14.8. The molecule has 0 atom stereocenters. The monoisotopic (exact) mass is 254 g/mol. The fraction of sp³-hybridized carbons (Fsp3) is 0.846. The van der Waals surface area contributed by atoms with Crippen molar-refractivity contribution in [3.8, 4) is 0 Å². The van der Waals surface area contributed by atoms with Gasteiger partial charge < -0.3 is 4.90 Å². The third-order valence-electron chi connectivity index (χ3n) is 2.86. The molecule has 0 saturated heterocycles. The second-order valence-corrected chi connectivity index (χ2v) is 6.83. The summed E-state index contributed by atoms with van der Waals surface area (Å²) in [5, 5.41) is 6.61. The maximum absolute atomic E-state index is 11.9. The number of rotatable bonds is 0. The van der Waals surface area contributed by atoms with Crippen LogP contribution in [0.15, 0.2) is 5.10 Å². The molecule has 0 bridgehead atoms. The molecular formula is C13H26N4O. The SMILES string of the molecule is CC(=O)N(C1=NN(C(C)(C)C)CN1C)C(C)(C)C. The molecule has 0 spiro atoms. The quantitative estimate of drug-likeness (QED) is 0.663. The molecule has 0 N–H and O–H groups in total. The van der Waals surface area contributed by atoms with Gasteiger partial charge in [0.25, 0.3) is 0 Å². The molecule has 0 aromatic carbocycles. The minimum absolute atomic E-state index is 0.0175. The van der Waals surface area contributed by atoms with Crippen molar-refractivity contribution in [2.75, 3.05) is 13.7 Å². The lowest BCUT2D eigenvalue weighted by Gasteiger charge is -2.36. The highest BCUT2D eigenvalue weighted by Gasteiger charge is 2.37. The number of carbonyl (C=O) groups is 1. The Hall–Kier alpha value is -1.26. The van der Waals surface area contributed by atoms with E-state index in [0.29, 0.717) is 6.67 Å². The van der Waals surface area contributed by atoms with Crippen molar-refractivity contribution in [3.05, 3.63) is 0 Å². The fourth-order valence-electron chi connectivity index (χ4n) is 1.97. The standard InChI is InChI=1S/C13H26N4O/c1-10(18)17(13(5,6)7)11-14-16(9-15(11)8)12(2,3)4/h9H2,1-8H3. The third-order valence-corrected chi connectivity index (χ3v) is 2.86. The molecule has 0 fully saturated rings. The molecular weight excluding hydrogens is 228 g/mol. The Morgan fingerprint density at radius 1 is 1.22 bits per heavy atom.